The summed E-state index contributed by atoms with van der Waals surface area (Å²) in [5, 5.41) is 3.48. The van der Waals surface area contributed by atoms with Crippen LogP contribution in [0.4, 0.5) is 5.69 Å². The molecule has 1 N–H and O–H groups in total. The van der Waals surface area contributed by atoms with Crippen molar-refractivity contribution >= 4 is 5.69 Å². The van der Waals surface area contributed by atoms with Gasteiger partial charge in [-0.3, -0.25) is 0 Å². The molecule has 0 saturated carbocycles. The minimum atomic E-state index is 0.380. The van der Waals surface area contributed by atoms with Gasteiger partial charge in [-0.25, -0.2) is 9.97 Å². The Hall–Kier alpha value is -1.16. The number of nitrogens with zero attached hydrogens (tertiary/aromatic N) is 3. The van der Waals surface area contributed by atoms with Gasteiger partial charge in [0.1, 0.15) is 5.82 Å². The zero-order valence-electron chi connectivity index (χ0n) is 13.3. The van der Waals surface area contributed by atoms with Crippen molar-refractivity contribution in [2.45, 2.75) is 65.5 Å². The van der Waals surface area contributed by atoms with Crippen LogP contribution in [0.15, 0.2) is 6.20 Å². The van der Waals surface area contributed by atoms with Crippen molar-refractivity contribution in [2.75, 3.05) is 18.0 Å². The highest BCUT2D eigenvalue weighted by Crippen LogP contribution is 2.28. The first-order valence-corrected chi connectivity index (χ1v) is 7.96. The van der Waals surface area contributed by atoms with Crippen molar-refractivity contribution in [3.63, 3.8) is 0 Å². The Labute approximate surface area is 123 Å². The van der Waals surface area contributed by atoms with E-state index in [0.717, 1.165) is 37.6 Å². The first kappa shape index (κ1) is 15.2. The molecule has 0 aromatic carbocycles. The summed E-state index contributed by atoms with van der Waals surface area (Å²) in [5.41, 5.74) is 2.38. The van der Waals surface area contributed by atoms with Crippen LogP contribution in [0.2, 0.25) is 0 Å². The number of nitrogens with one attached hydrogen (secondary N) is 1. The second-order valence-corrected chi connectivity index (χ2v) is 6.08. The number of rotatable bonds is 6. The van der Waals surface area contributed by atoms with E-state index in [1.807, 2.05) is 6.20 Å². The minimum absolute atomic E-state index is 0.380. The van der Waals surface area contributed by atoms with Gasteiger partial charge in [-0.1, -0.05) is 20.8 Å². The van der Waals surface area contributed by atoms with Crippen molar-refractivity contribution < 1.29 is 0 Å². The number of aromatic nitrogens is 2. The molecule has 112 valence electrons. The van der Waals surface area contributed by atoms with Gasteiger partial charge in [-0.15, -0.1) is 0 Å². The third-order valence-corrected chi connectivity index (χ3v) is 3.96. The summed E-state index contributed by atoms with van der Waals surface area (Å²) >= 11 is 0. The van der Waals surface area contributed by atoms with Gasteiger partial charge in [-0.2, -0.15) is 0 Å². The van der Waals surface area contributed by atoms with Gasteiger partial charge >= 0.3 is 0 Å². The molecule has 1 aliphatic heterocycles. The third-order valence-electron chi connectivity index (χ3n) is 3.96. The molecule has 1 aliphatic rings. The van der Waals surface area contributed by atoms with Crippen molar-refractivity contribution in [1.29, 1.82) is 0 Å². The van der Waals surface area contributed by atoms with Crippen LogP contribution in [0, 0.1) is 0 Å². The smallest absolute Gasteiger partial charge is 0.131 e. The molecule has 1 saturated heterocycles. The van der Waals surface area contributed by atoms with Crippen LogP contribution in [0.1, 0.15) is 64.4 Å². The monoisotopic (exact) mass is 276 g/mol. The van der Waals surface area contributed by atoms with Crippen LogP contribution in [-0.2, 0) is 6.54 Å². The van der Waals surface area contributed by atoms with Crippen LogP contribution in [-0.4, -0.2) is 29.1 Å². The van der Waals surface area contributed by atoms with Crippen LogP contribution in [0.25, 0.3) is 0 Å². The number of anilines is 1. The lowest BCUT2D eigenvalue weighted by atomic mass is 10.2. The van der Waals surface area contributed by atoms with Gasteiger partial charge in [0.05, 0.1) is 17.6 Å². The summed E-state index contributed by atoms with van der Waals surface area (Å²) in [5.74, 6) is 1.33. The molecule has 2 rings (SSSR count). The molecule has 0 radical (unpaired) electrons. The van der Waals surface area contributed by atoms with Gasteiger partial charge in [0, 0.05) is 25.0 Å². The van der Waals surface area contributed by atoms with Gasteiger partial charge in [0.25, 0.3) is 0 Å². The maximum Gasteiger partial charge on any atom is 0.131 e. The molecule has 0 amide bonds. The quantitative estimate of drug-likeness (QED) is 0.811. The maximum absolute atomic E-state index is 4.81. The Balaban J connectivity index is 2.24. The molecule has 4 nitrogen and oxygen atoms in total. The van der Waals surface area contributed by atoms with Crippen molar-refractivity contribution in [2.24, 2.45) is 0 Å². The zero-order valence-corrected chi connectivity index (χ0v) is 13.3. The highest BCUT2D eigenvalue weighted by Gasteiger charge is 2.24. The topological polar surface area (TPSA) is 41.1 Å². The Morgan fingerprint density at radius 3 is 2.85 bits per heavy atom. The SMILES string of the molecule is CCCNCc1nc(C(C)C)ncc1N1CCCC1C. The molecule has 1 aromatic heterocycles. The second kappa shape index (κ2) is 7.02. The molecule has 1 fully saturated rings. The van der Waals surface area contributed by atoms with E-state index in [-0.39, 0.29) is 0 Å². The predicted octanol–water partition coefficient (Wildman–Crippen LogP) is 3.09. The summed E-state index contributed by atoms with van der Waals surface area (Å²) in [7, 11) is 0. The van der Waals surface area contributed by atoms with E-state index in [4.69, 9.17) is 4.98 Å². The highest BCUT2D eigenvalue weighted by molar-refractivity contribution is 5.51. The Morgan fingerprint density at radius 1 is 1.45 bits per heavy atom. The summed E-state index contributed by atoms with van der Waals surface area (Å²) in [6.45, 7) is 11.8. The lowest BCUT2D eigenvalue weighted by Gasteiger charge is -2.26. The predicted molar refractivity (Wildman–Crippen MR) is 84.2 cm³/mol. The fraction of sp³-hybridized carbons (Fsp3) is 0.750. The number of hydrogen-bond donors (Lipinski definition) is 1. The Kier molecular flexibility index (Phi) is 5.35. The van der Waals surface area contributed by atoms with Gasteiger partial charge in [-0.05, 0) is 32.7 Å². The van der Waals surface area contributed by atoms with E-state index in [9.17, 15) is 0 Å². The largest absolute Gasteiger partial charge is 0.366 e. The molecular formula is C16H28N4. The van der Waals surface area contributed by atoms with Gasteiger partial charge in [0.15, 0.2) is 0 Å². The summed E-state index contributed by atoms with van der Waals surface area (Å²) < 4.78 is 0. The van der Waals surface area contributed by atoms with E-state index in [1.54, 1.807) is 0 Å². The molecule has 2 heterocycles. The highest BCUT2D eigenvalue weighted by atomic mass is 15.2. The average molecular weight is 276 g/mol. The Bertz CT molecular complexity index is 430. The molecular weight excluding hydrogens is 248 g/mol. The summed E-state index contributed by atoms with van der Waals surface area (Å²) in [4.78, 5) is 11.8. The van der Waals surface area contributed by atoms with Crippen LogP contribution in [0.3, 0.4) is 0 Å². The zero-order chi connectivity index (χ0) is 14.5. The van der Waals surface area contributed by atoms with E-state index >= 15 is 0 Å². The second-order valence-electron chi connectivity index (χ2n) is 6.08. The normalized spacial score (nSPS) is 19.1. The van der Waals surface area contributed by atoms with Crippen LogP contribution >= 0.6 is 0 Å². The first-order valence-electron chi connectivity index (χ1n) is 7.96. The van der Waals surface area contributed by atoms with E-state index in [2.05, 4.69) is 42.9 Å². The molecule has 0 bridgehead atoms. The van der Waals surface area contributed by atoms with E-state index < -0.39 is 0 Å². The van der Waals surface area contributed by atoms with Crippen LogP contribution < -0.4 is 10.2 Å². The average Bonchev–Trinajstić information content (AvgIpc) is 2.85. The fourth-order valence-corrected chi connectivity index (χ4v) is 2.75. The summed E-state index contributed by atoms with van der Waals surface area (Å²) in [6.07, 6.45) is 5.73. The third kappa shape index (κ3) is 3.48. The maximum atomic E-state index is 4.81. The molecule has 0 spiro atoms. The Morgan fingerprint density at radius 2 is 2.25 bits per heavy atom. The molecule has 20 heavy (non-hydrogen) atoms. The minimum Gasteiger partial charge on any atom is -0.366 e. The van der Waals surface area contributed by atoms with Crippen LogP contribution in [0.5, 0.6) is 0 Å². The lowest BCUT2D eigenvalue weighted by molar-refractivity contribution is 0.644. The molecule has 0 aliphatic carbocycles. The lowest BCUT2D eigenvalue weighted by Crippen LogP contribution is -2.29. The van der Waals surface area contributed by atoms with E-state index in [0.29, 0.717) is 12.0 Å². The van der Waals surface area contributed by atoms with Crippen molar-refractivity contribution in [3.05, 3.63) is 17.7 Å². The first-order chi connectivity index (χ1) is 9.63. The van der Waals surface area contributed by atoms with Crippen molar-refractivity contribution in [3.8, 4) is 0 Å². The molecule has 1 aromatic rings. The van der Waals surface area contributed by atoms with Crippen molar-refractivity contribution in [1.82, 2.24) is 15.3 Å². The molecule has 1 unspecified atom stereocenters. The number of hydrogen-bond acceptors (Lipinski definition) is 4. The standard InChI is InChI=1S/C16H28N4/c1-5-8-17-10-14-15(20-9-6-7-13(20)4)11-18-16(19-14)12(2)3/h11-13,17H,5-10H2,1-4H3. The van der Waals surface area contributed by atoms with Gasteiger partial charge < -0.3 is 10.2 Å². The summed E-state index contributed by atoms with van der Waals surface area (Å²) in [6, 6.07) is 0.605. The van der Waals surface area contributed by atoms with Gasteiger partial charge in [0.2, 0.25) is 0 Å². The molecule has 4 heteroatoms. The van der Waals surface area contributed by atoms with E-state index in [1.165, 1.54) is 18.5 Å². The molecule has 1 atom stereocenters. The fourth-order valence-electron chi connectivity index (χ4n) is 2.75.